The van der Waals surface area contributed by atoms with Gasteiger partial charge in [0.2, 0.25) is 0 Å². The van der Waals surface area contributed by atoms with Gasteiger partial charge in [-0.2, -0.15) is 0 Å². The van der Waals surface area contributed by atoms with Gasteiger partial charge in [-0.3, -0.25) is 4.79 Å². The summed E-state index contributed by atoms with van der Waals surface area (Å²) in [4.78, 5) is 11.2. The number of Topliss-reactive ketones (excluding diaryl/α,β-unsaturated/α-hetero) is 1. The van der Waals surface area contributed by atoms with Crippen molar-refractivity contribution in [2.75, 3.05) is 0 Å². The molecule has 0 aromatic carbocycles. The second-order valence-electron chi connectivity index (χ2n) is 3.48. The molecule has 72 valence electrons. The van der Waals surface area contributed by atoms with Gasteiger partial charge in [-0.05, 0) is 5.92 Å². The normalized spacial score (nSPS) is 18.4. The summed E-state index contributed by atoms with van der Waals surface area (Å²) in [6.07, 6.45) is 0.972. The minimum Gasteiger partial charge on any atom is -0.392 e. The smallest absolute Gasteiger partial charge is 0.138 e. The van der Waals surface area contributed by atoms with Gasteiger partial charge in [-0.1, -0.05) is 34.1 Å². The molecule has 0 fully saturated rings. The van der Waals surface area contributed by atoms with Crippen LogP contribution in [0.3, 0.4) is 0 Å². The molecule has 2 nitrogen and oxygen atoms in total. The van der Waals surface area contributed by atoms with Crippen LogP contribution in [-0.4, -0.2) is 17.0 Å². The zero-order chi connectivity index (χ0) is 9.72. The predicted molar refractivity (Wildman–Crippen MR) is 49.9 cm³/mol. The first-order valence-electron chi connectivity index (χ1n) is 4.75. The van der Waals surface area contributed by atoms with Crippen LogP contribution in [0.25, 0.3) is 0 Å². The number of carbonyl (C=O) groups is 1. The third-order valence-corrected chi connectivity index (χ3v) is 2.60. The zero-order valence-corrected chi connectivity index (χ0v) is 8.50. The molecule has 0 aliphatic carbocycles. The Morgan fingerprint density at radius 2 is 1.83 bits per heavy atom. The lowest BCUT2D eigenvalue weighted by molar-refractivity contribution is -0.126. The highest BCUT2D eigenvalue weighted by molar-refractivity contribution is 5.80. The van der Waals surface area contributed by atoms with Crippen molar-refractivity contribution >= 4 is 5.78 Å². The van der Waals surface area contributed by atoms with Crippen molar-refractivity contribution in [3.05, 3.63) is 0 Å². The second kappa shape index (κ2) is 5.31. The molecular formula is C10H20O2. The van der Waals surface area contributed by atoms with Crippen molar-refractivity contribution in [3.8, 4) is 0 Å². The van der Waals surface area contributed by atoms with E-state index in [2.05, 4.69) is 0 Å². The van der Waals surface area contributed by atoms with Crippen molar-refractivity contribution in [2.24, 2.45) is 11.8 Å². The van der Waals surface area contributed by atoms with Crippen molar-refractivity contribution in [1.29, 1.82) is 0 Å². The lowest BCUT2D eigenvalue weighted by Crippen LogP contribution is -2.30. The first-order valence-corrected chi connectivity index (χ1v) is 4.75. The van der Waals surface area contributed by atoms with Crippen LogP contribution in [0.5, 0.6) is 0 Å². The third-order valence-electron chi connectivity index (χ3n) is 2.60. The van der Waals surface area contributed by atoms with Crippen LogP contribution in [-0.2, 0) is 4.79 Å². The highest BCUT2D eigenvalue weighted by Gasteiger charge is 2.24. The highest BCUT2D eigenvalue weighted by Crippen LogP contribution is 2.17. The summed E-state index contributed by atoms with van der Waals surface area (Å²) in [7, 11) is 0. The van der Waals surface area contributed by atoms with E-state index in [1.165, 1.54) is 0 Å². The Kier molecular flexibility index (Phi) is 5.14. The molecule has 0 saturated carbocycles. The highest BCUT2D eigenvalue weighted by atomic mass is 16.3. The number of carbonyl (C=O) groups excluding carboxylic acids is 1. The van der Waals surface area contributed by atoms with Gasteiger partial charge in [0.25, 0.3) is 0 Å². The van der Waals surface area contributed by atoms with Gasteiger partial charge < -0.3 is 5.11 Å². The quantitative estimate of drug-likeness (QED) is 0.688. The van der Waals surface area contributed by atoms with E-state index >= 15 is 0 Å². The summed E-state index contributed by atoms with van der Waals surface area (Å²) in [6.45, 7) is 7.64. The molecular weight excluding hydrogens is 152 g/mol. The molecule has 0 radical (unpaired) electrons. The van der Waals surface area contributed by atoms with E-state index in [1.54, 1.807) is 0 Å². The van der Waals surface area contributed by atoms with Gasteiger partial charge in [0.15, 0.2) is 0 Å². The average molecular weight is 172 g/mol. The van der Waals surface area contributed by atoms with E-state index in [0.717, 1.165) is 6.42 Å². The van der Waals surface area contributed by atoms with Crippen LogP contribution >= 0.6 is 0 Å². The largest absolute Gasteiger partial charge is 0.392 e. The molecule has 0 bridgehead atoms. The predicted octanol–water partition coefficient (Wildman–Crippen LogP) is 2.01. The molecule has 0 spiro atoms. The molecule has 0 aromatic heterocycles. The molecule has 0 aliphatic heterocycles. The molecule has 0 unspecified atom stereocenters. The van der Waals surface area contributed by atoms with Crippen LogP contribution in [0, 0.1) is 11.8 Å². The Morgan fingerprint density at radius 1 is 1.33 bits per heavy atom. The van der Waals surface area contributed by atoms with Gasteiger partial charge in [0.05, 0.1) is 6.10 Å². The monoisotopic (exact) mass is 172 g/mol. The van der Waals surface area contributed by atoms with E-state index < -0.39 is 6.10 Å². The molecule has 0 rings (SSSR count). The van der Waals surface area contributed by atoms with E-state index in [0.29, 0.717) is 6.42 Å². The summed E-state index contributed by atoms with van der Waals surface area (Å²) in [5.41, 5.74) is 0. The fraction of sp³-hybridized carbons (Fsp3) is 0.900. The number of hydrogen-bond acceptors (Lipinski definition) is 2. The summed E-state index contributed by atoms with van der Waals surface area (Å²) in [5, 5.41) is 9.67. The van der Waals surface area contributed by atoms with Crippen molar-refractivity contribution in [1.82, 2.24) is 0 Å². The zero-order valence-electron chi connectivity index (χ0n) is 8.50. The fourth-order valence-electron chi connectivity index (χ4n) is 1.25. The van der Waals surface area contributed by atoms with Crippen LogP contribution < -0.4 is 0 Å². The molecule has 12 heavy (non-hydrogen) atoms. The van der Waals surface area contributed by atoms with E-state index in [-0.39, 0.29) is 17.6 Å². The first-order chi connectivity index (χ1) is 5.54. The lowest BCUT2D eigenvalue weighted by atomic mass is 9.88. The Bertz CT molecular complexity index is 143. The molecule has 0 heterocycles. The van der Waals surface area contributed by atoms with Crippen LogP contribution in [0.2, 0.25) is 0 Å². The maximum absolute atomic E-state index is 11.2. The molecule has 0 saturated heterocycles. The molecule has 3 atom stereocenters. The Hall–Kier alpha value is -0.370. The number of rotatable bonds is 5. The molecule has 0 amide bonds. The molecule has 2 heteroatoms. The van der Waals surface area contributed by atoms with Crippen LogP contribution in [0.1, 0.15) is 40.5 Å². The number of hydrogen-bond donors (Lipinski definition) is 1. The second-order valence-corrected chi connectivity index (χ2v) is 3.48. The van der Waals surface area contributed by atoms with E-state index in [4.69, 9.17) is 0 Å². The Balaban J connectivity index is 4.08. The maximum atomic E-state index is 11.2. The number of aliphatic hydroxyl groups excluding tert-OH is 1. The van der Waals surface area contributed by atoms with Gasteiger partial charge in [0.1, 0.15) is 5.78 Å². The van der Waals surface area contributed by atoms with E-state index in [1.807, 2.05) is 27.7 Å². The van der Waals surface area contributed by atoms with Crippen LogP contribution in [0.15, 0.2) is 0 Å². The number of aliphatic hydroxyl groups is 1. The summed E-state index contributed by atoms with van der Waals surface area (Å²) in [5.74, 6) is 0.170. The molecule has 0 aromatic rings. The Morgan fingerprint density at radius 3 is 2.17 bits per heavy atom. The standard InChI is InChI=1S/C10H20O2/c1-5-7(3)10(12)8(4)9(11)6-2/h7-8,10,12H,5-6H2,1-4H3/t7-,8-,10-/m0/s1. The SMILES string of the molecule is CCC(=O)[C@H](C)[C@@H](O)[C@@H](C)CC. The minimum absolute atomic E-state index is 0.155. The van der Waals surface area contributed by atoms with Gasteiger partial charge in [-0.15, -0.1) is 0 Å². The summed E-state index contributed by atoms with van der Waals surface area (Å²) >= 11 is 0. The van der Waals surface area contributed by atoms with E-state index in [9.17, 15) is 9.90 Å². The van der Waals surface area contributed by atoms with Crippen molar-refractivity contribution < 1.29 is 9.90 Å². The van der Waals surface area contributed by atoms with Crippen molar-refractivity contribution in [2.45, 2.75) is 46.6 Å². The fourth-order valence-corrected chi connectivity index (χ4v) is 1.25. The topological polar surface area (TPSA) is 37.3 Å². The van der Waals surface area contributed by atoms with Crippen LogP contribution in [0.4, 0.5) is 0 Å². The molecule has 1 N–H and O–H groups in total. The lowest BCUT2D eigenvalue weighted by Gasteiger charge is -2.22. The summed E-state index contributed by atoms with van der Waals surface area (Å²) < 4.78 is 0. The van der Waals surface area contributed by atoms with Gasteiger partial charge in [-0.25, -0.2) is 0 Å². The van der Waals surface area contributed by atoms with Gasteiger partial charge in [0, 0.05) is 12.3 Å². The summed E-state index contributed by atoms with van der Waals surface area (Å²) in [6, 6.07) is 0. The average Bonchev–Trinajstić information content (AvgIpc) is 2.12. The maximum Gasteiger partial charge on any atom is 0.138 e. The Labute approximate surface area is 75.0 Å². The third kappa shape index (κ3) is 2.94. The number of ketones is 1. The minimum atomic E-state index is -0.470. The van der Waals surface area contributed by atoms with Gasteiger partial charge >= 0.3 is 0 Å². The van der Waals surface area contributed by atoms with Crippen molar-refractivity contribution in [3.63, 3.8) is 0 Å². The molecule has 0 aliphatic rings. The first kappa shape index (κ1) is 11.6.